The first kappa shape index (κ1) is 17.0. The fraction of sp³-hybridized carbons (Fsp3) is 0.357. The summed E-state index contributed by atoms with van der Waals surface area (Å²) in [5, 5.41) is 3.27. The quantitative estimate of drug-likeness (QED) is 0.941. The summed E-state index contributed by atoms with van der Waals surface area (Å²) in [4.78, 5) is 6.62. The summed E-state index contributed by atoms with van der Waals surface area (Å²) in [5.74, 6) is 1.62. The van der Waals surface area contributed by atoms with E-state index in [4.69, 9.17) is 4.42 Å². The number of oxazole rings is 1. The van der Waals surface area contributed by atoms with Crippen LogP contribution < -0.4 is 5.32 Å². The van der Waals surface area contributed by atoms with Crippen molar-refractivity contribution in [2.75, 3.05) is 20.1 Å². The molecule has 0 bridgehead atoms. The number of likely N-dealkylation sites (N-methyl/N-ethyl adjacent to an activating group) is 1. The number of nitrogens with one attached hydrogen (secondary N) is 1. The van der Waals surface area contributed by atoms with Crippen molar-refractivity contribution in [2.45, 2.75) is 12.6 Å². The van der Waals surface area contributed by atoms with E-state index in [2.05, 4.69) is 22.2 Å². The van der Waals surface area contributed by atoms with Gasteiger partial charge in [-0.15, -0.1) is 24.8 Å². The van der Waals surface area contributed by atoms with Crippen molar-refractivity contribution < 1.29 is 4.42 Å². The number of nitrogens with zero attached hydrogens (tertiary/aromatic N) is 2. The Hall–Kier alpha value is -1.07. The lowest BCUT2D eigenvalue weighted by atomic mass is 10.1. The molecule has 1 N–H and O–H groups in total. The highest BCUT2D eigenvalue weighted by molar-refractivity contribution is 5.85. The van der Waals surface area contributed by atoms with Crippen LogP contribution in [0.15, 0.2) is 40.9 Å². The van der Waals surface area contributed by atoms with Crippen LogP contribution in [0.3, 0.4) is 0 Å². The maximum Gasteiger partial charge on any atom is 0.209 e. The van der Waals surface area contributed by atoms with E-state index < -0.39 is 0 Å². The third-order valence-corrected chi connectivity index (χ3v) is 3.38. The van der Waals surface area contributed by atoms with Gasteiger partial charge in [0.1, 0.15) is 0 Å². The largest absolute Gasteiger partial charge is 0.439 e. The highest BCUT2D eigenvalue weighted by Crippen LogP contribution is 2.20. The highest BCUT2D eigenvalue weighted by atomic mass is 35.5. The predicted molar refractivity (Wildman–Crippen MR) is 84.6 cm³/mol. The minimum absolute atomic E-state index is 0. The Morgan fingerprint density at radius 3 is 2.55 bits per heavy atom. The van der Waals surface area contributed by atoms with Crippen LogP contribution in [0.2, 0.25) is 0 Å². The normalized spacial score (nSPS) is 14.3. The molecule has 1 aliphatic heterocycles. The average Bonchev–Trinajstić information content (AvgIpc) is 2.76. The Bertz CT molecular complexity index is 514. The molecule has 2 aromatic rings. The highest BCUT2D eigenvalue weighted by Gasteiger charge is 2.22. The first-order valence-electron chi connectivity index (χ1n) is 6.24. The second-order valence-electron chi connectivity index (χ2n) is 4.71. The fourth-order valence-corrected chi connectivity index (χ4v) is 2.05. The molecule has 1 fully saturated rings. The number of rotatable bonds is 4. The summed E-state index contributed by atoms with van der Waals surface area (Å²) in [5.41, 5.74) is 1.07. The van der Waals surface area contributed by atoms with Gasteiger partial charge < -0.3 is 9.73 Å². The molecule has 1 aromatic heterocycles. The molecule has 6 heteroatoms. The maximum atomic E-state index is 5.79. The van der Waals surface area contributed by atoms with Gasteiger partial charge in [-0.1, -0.05) is 30.3 Å². The van der Waals surface area contributed by atoms with E-state index in [1.807, 2.05) is 30.3 Å². The second-order valence-corrected chi connectivity index (χ2v) is 4.71. The van der Waals surface area contributed by atoms with Crippen LogP contribution >= 0.6 is 24.8 Å². The van der Waals surface area contributed by atoms with Crippen molar-refractivity contribution in [3.63, 3.8) is 0 Å². The molecule has 0 spiro atoms. The topological polar surface area (TPSA) is 41.3 Å². The van der Waals surface area contributed by atoms with E-state index >= 15 is 0 Å². The van der Waals surface area contributed by atoms with Gasteiger partial charge in [0.2, 0.25) is 5.89 Å². The van der Waals surface area contributed by atoms with Gasteiger partial charge >= 0.3 is 0 Å². The third kappa shape index (κ3) is 3.73. The van der Waals surface area contributed by atoms with Gasteiger partial charge in [-0.05, 0) is 7.05 Å². The minimum atomic E-state index is 0. The molecule has 1 aromatic carbocycles. The SMILES string of the molecule is CN(Cc1ncc(-c2ccccc2)o1)C1CNC1.Cl.Cl. The van der Waals surface area contributed by atoms with Crippen LogP contribution in [0.5, 0.6) is 0 Å². The van der Waals surface area contributed by atoms with E-state index in [-0.39, 0.29) is 24.8 Å². The van der Waals surface area contributed by atoms with Gasteiger partial charge in [0.15, 0.2) is 5.76 Å². The van der Waals surface area contributed by atoms with Crippen LogP contribution in [0.1, 0.15) is 5.89 Å². The second kappa shape index (κ2) is 7.64. The van der Waals surface area contributed by atoms with Gasteiger partial charge in [0, 0.05) is 24.7 Å². The Kier molecular flexibility index (Phi) is 6.49. The van der Waals surface area contributed by atoms with Crippen molar-refractivity contribution in [1.82, 2.24) is 15.2 Å². The number of benzene rings is 1. The molecule has 1 saturated heterocycles. The number of hydrogen-bond donors (Lipinski definition) is 1. The number of aromatic nitrogens is 1. The molecule has 0 radical (unpaired) electrons. The first-order chi connectivity index (χ1) is 8.83. The zero-order valence-corrected chi connectivity index (χ0v) is 12.9. The Labute approximate surface area is 131 Å². The lowest BCUT2D eigenvalue weighted by molar-refractivity contribution is 0.160. The van der Waals surface area contributed by atoms with Crippen LogP contribution in [0.4, 0.5) is 0 Å². The standard InChI is InChI=1S/C14H17N3O.2ClH/c1-17(12-7-15-8-12)10-14-16-9-13(18-14)11-5-3-2-4-6-11;;/h2-6,9,12,15H,7-8,10H2,1H3;2*1H. The lowest BCUT2D eigenvalue weighted by Gasteiger charge is -2.34. The minimum Gasteiger partial charge on any atom is -0.439 e. The molecule has 3 rings (SSSR count). The summed E-state index contributed by atoms with van der Waals surface area (Å²) >= 11 is 0. The number of halogens is 2. The Morgan fingerprint density at radius 2 is 1.95 bits per heavy atom. The van der Waals surface area contributed by atoms with E-state index in [1.165, 1.54) is 0 Å². The smallest absolute Gasteiger partial charge is 0.209 e. The molecule has 0 amide bonds. The Balaban J connectivity index is 0.000001000. The van der Waals surface area contributed by atoms with Gasteiger partial charge in [-0.25, -0.2) is 4.98 Å². The van der Waals surface area contributed by atoms with E-state index in [9.17, 15) is 0 Å². The monoisotopic (exact) mass is 315 g/mol. The van der Waals surface area contributed by atoms with Crippen molar-refractivity contribution in [3.8, 4) is 11.3 Å². The van der Waals surface area contributed by atoms with Crippen molar-refractivity contribution >= 4 is 24.8 Å². The van der Waals surface area contributed by atoms with E-state index in [0.29, 0.717) is 6.04 Å². The van der Waals surface area contributed by atoms with Crippen molar-refractivity contribution in [3.05, 3.63) is 42.4 Å². The molecule has 2 heterocycles. The van der Waals surface area contributed by atoms with E-state index in [1.54, 1.807) is 6.20 Å². The zero-order chi connectivity index (χ0) is 12.4. The molecule has 0 aliphatic carbocycles. The first-order valence-corrected chi connectivity index (χ1v) is 6.24. The van der Waals surface area contributed by atoms with Crippen LogP contribution in [-0.2, 0) is 6.54 Å². The predicted octanol–water partition coefficient (Wildman–Crippen LogP) is 2.59. The summed E-state index contributed by atoms with van der Waals surface area (Å²) in [6.07, 6.45) is 1.80. The molecule has 1 aliphatic rings. The van der Waals surface area contributed by atoms with Gasteiger partial charge in [-0.3, -0.25) is 4.90 Å². The summed E-state index contributed by atoms with van der Waals surface area (Å²) in [6, 6.07) is 10.7. The van der Waals surface area contributed by atoms with Crippen LogP contribution in [0.25, 0.3) is 11.3 Å². The van der Waals surface area contributed by atoms with E-state index in [0.717, 1.165) is 36.8 Å². The van der Waals surface area contributed by atoms with Crippen LogP contribution in [-0.4, -0.2) is 36.1 Å². The van der Waals surface area contributed by atoms with Crippen LogP contribution in [0, 0.1) is 0 Å². The molecule has 20 heavy (non-hydrogen) atoms. The summed E-state index contributed by atoms with van der Waals surface area (Å²) < 4.78 is 5.79. The average molecular weight is 316 g/mol. The summed E-state index contributed by atoms with van der Waals surface area (Å²) in [7, 11) is 2.11. The number of hydrogen-bond acceptors (Lipinski definition) is 4. The molecular weight excluding hydrogens is 297 g/mol. The zero-order valence-electron chi connectivity index (χ0n) is 11.3. The van der Waals surface area contributed by atoms with Gasteiger partial charge in [-0.2, -0.15) is 0 Å². The van der Waals surface area contributed by atoms with Crippen molar-refractivity contribution in [1.29, 1.82) is 0 Å². The fourth-order valence-electron chi connectivity index (χ4n) is 2.05. The molecule has 0 unspecified atom stereocenters. The van der Waals surface area contributed by atoms with Gasteiger partial charge in [0.05, 0.1) is 12.7 Å². The molecule has 110 valence electrons. The maximum absolute atomic E-state index is 5.79. The lowest BCUT2D eigenvalue weighted by Crippen LogP contribution is -2.55. The van der Waals surface area contributed by atoms with Crippen molar-refractivity contribution in [2.24, 2.45) is 0 Å². The third-order valence-electron chi connectivity index (χ3n) is 3.38. The summed E-state index contributed by atoms with van der Waals surface area (Å²) in [6.45, 7) is 2.88. The molecule has 4 nitrogen and oxygen atoms in total. The van der Waals surface area contributed by atoms with Gasteiger partial charge in [0.25, 0.3) is 0 Å². The molecule has 0 saturated carbocycles. The molecule has 0 atom stereocenters. The molecular formula is C14H19Cl2N3O. The Morgan fingerprint density at radius 1 is 1.25 bits per heavy atom.